The third-order valence-corrected chi connectivity index (χ3v) is 4.68. The fourth-order valence-corrected chi connectivity index (χ4v) is 3.02. The molecule has 0 aromatic carbocycles. The first kappa shape index (κ1) is 14.0. The lowest BCUT2D eigenvalue weighted by atomic mass is 9.98. The Hall–Kier alpha value is -1.42. The number of hydrogen-bond acceptors (Lipinski definition) is 4. The summed E-state index contributed by atoms with van der Waals surface area (Å²) in [7, 11) is 0. The minimum absolute atomic E-state index is 0.113. The normalized spacial score (nSPS) is 13.3. The first-order valence-corrected chi connectivity index (χ1v) is 7.34. The molecule has 2 aromatic heterocycles. The van der Waals surface area contributed by atoms with Crippen LogP contribution in [-0.4, -0.2) is 9.97 Å². The van der Waals surface area contributed by atoms with E-state index in [-0.39, 0.29) is 11.5 Å². The molecule has 0 radical (unpaired) electrons. The first-order valence-electron chi connectivity index (χ1n) is 6.52. The summed E-state index contributed by atoms with van der Waals surface area (Å²) in [5.74, 6) is 0. The zero-order valence-electron chi connectivity index (χ0n) is 12.2. The van der Waals surface area contributed by atoms with Gasteiger partial charge < -0.3 is 5.32 Å². The molecular formula is C15H21N3S. The van der Waals surface area contributed by atoms with Crippen LogP contribution in [0.2, 0.25) is 0 Å². The van der Waals surface area contributed by atoms with Crippen molar-refractivity contribution in [3.63, 3.8) is 0 Å². The number of aryl methyl sites for hydroxylation is 1. The van der Waals surface area contributed by atoms with Crippen LogP contribution in [0.4, 0.5) is 5.69 Å². The molecule has 1 N–H and O–H groups in total. The number of aromatic nitrogens is 2. The molecule has 2 heterocycles. The first-order chi connectivity index (χ1) is 8.88. The highest BCUT2D eigenvalue weighted by Gasteiger charge is 2.22. The predicted molar refractivity (Wildman–Crippen MR) is 81.8 cm³/mol. The number of anilines is 1. The fraction of sp³-hybridized carbons (Fsp3) is 0.467. The Balaban J connectivity index is 2.20. The zero-order chi connectivity index (χ0) is 14.0. The second-order valence-corrected chi connectivity index (χ2v) is 6.86. The smallest absolute Gasteiger partial charge is 0.0985 e. The summed E-state index contributed by atoms with van der Waals surface area (Å²) in [5.41, 5.74) is 2.28. The molecule has 0 saturated heterocycles. The molecule has 0 spiro atoms. The lowest BCUT2D eigenvalue weighted by Gasteiger charge is -2.15. The van der Waals surface area contributed by atoms with Gasteiger partial charge in [-0.25, -0.2) is 4.98 Å². The third kappa shape index (κ3) is 3.32. The van der Waals surface area contributed by atoms with Crippen LogP contribution < -0.4 is 5.32 Å². The van der Waals surface area contributed by atoms with Crippen molar-refractivity contribution in [1.82, 2.24) is 9.97 Å². The van der Waals surface area contributed by atoms with Gasteiger partial charge in [0.15, 0.2) is 0 Å². The van der Waals surface area contributed by atoms with Crippen molar-refractivity contribution < 1.29 is 0 Å². The van der Waals surface area contributed by atoms with Gasteiger partial charge in [0, 0.05) is 22.7 Å². The van der Waals surface area contributed by atoms with Crippen LogP contribution in [-0.2, 0) is 5.41 Å². The number of hydrogen-bond donors (Lipinski definition) is 1. The van der Waals surface area contributed by atoms with Crippen molar-refractivity contribution in [3.8, 4) is 0 Å². The van der Waals surface area contributed by atoms with Gasteiger partial charge in [-0.05, 0) is 26.0 Å². The Kier molecular flexibility index (Phi) is 3.90. The molecule has 2 rings (SSSR count). The largest absolute Gasteiger partial charge is 0.376 e. The Morgan fingerprint density at radius 1 is 1.32 bits per heavy atom. The van der Waals surface area contributed by atoms with Crippen molar-refractivity contribution >= 4 is 17.0 Å². The molecule has 0 amide bonds. The van der Waals surface area contributed by atoms with Gasteiger partial charge in [0.05, 0.1) is 22.4 Å². The molecule has 0 bridgehead atoms. The van der Waals surface area contributed by atoms with E-state index in [4.69, 9.17) is 4.98 Å². The number of thiazole rings is 1. The molecule has 1 atom stereocenters. The van der Waals surface area contributed by atoms with Crippen LogP contribution in [0, 0.1) is 6.92 Å². The van der Waals surface area contributed by atoms with Crippen molar-refractivity contribution in [2.75, 3.05) is 5.32 Å². The predicted octanol–water partition coefficient (Wildman–Crippen LogP) is 4.32. The van der Waals surface area contributed by atoms with E-state index in [2.05, 4.69) is 44.9 Å². The molecule has 0 aliphatic rings. The van der Waals surface area contributed by atoms with E-state index in [1.165, 1.54) is 9.88 Å². The Bertz CT molecular complexity index is 540. The van der Waals surface area contributed by atoms with Gasteiger partial charge in [-0.2, -0.15) is 0 Å². The highest BCUT2D eigenvalue weighted by Crippen LogP contribution is 2.33. The minimum Gasteiger partial charge on any atom is -0.376 e. The van der Waals surface area contributed by atoms with Gasteiger partial charge >= 0.3 is 0 Å². The summed E-state index contributed by atoms with van der Waals surface area (Å²) < 4.78 is 0. The average molecular weight is 275 g/mol. The second-order valence-electron chi connectivity index (χ2n) is 5.83. The average Bonchev–Trinajstić information content (AvgIpc) is 2.72. The van der Waals surface area contributed by atoms with Gasteiger partial charge in [-0.15, -0.1) is 11.3 Å². The number of rotatable bonds is 3. The van der Waals surface area contributed by atoms with Crippen molar-refractivity contribution in [2.24, 2.45) is 0 Å². The molecular weight excluding hydrogens is 254 g/mol. The van der Waals surface area contributed by atoms with Crippen LogP contribution in [0.3, 0.4) is 0 Å². The Morgan fingerprint density at radius 3 is 2.58 bits per heavy atom. The Morgan fingerprint density at radius 2 is 2.05 bits per heavy atom. The third-order valence-electron chi connectivity index (χ3n) is 2.91. The van der Waals surface area contributed by atoms with E-state index in [0.29, 0.717) is 0 Å². The van der Waals surface area contributed by atoms with Crippen LogP contribution in [0.15, 0.2) is 24.5 Å². The van der Waals surface area contributed by atoms with E-state index < -0.39 is 0 Å². The van der Waals surface area contributed by atoms with Gasteiger partial charge in [-0.3, -0.25) is 4.98 Å². The van der Waals surface area contributed by atoms with Gasteiger partial charge in [0.1, 0.15) is 0 Å². The molecule has 0 saturated carbocycles. The molecule has 19 heavy (non-hydrogen) atoms. The highest BCUT2D eigenvalue weighted by atomic mass is 32.1. The van der Waals surface area contributed by atoms with Crippen LogP contribution in [0.1, 0.15) is 49.3 Å². The van der Waals surface area contributed by atoms with Crippen molar-refractivity contribution in [3.05, 3.63) is 40.1 Å². The van der Waals surface area contributed by atoms with Crippen LogP contribution >= 0.6 is 11.3 Å². The SMILES string of the molecule is Cc1nc(C(C)(C)C)sc1C(C)Nc1cccnc1. The Labute approximate surface area is 119 Å². The number of pyridine rings is 1. The summed E-state index contributed by atoms with van der Waals surface area (Å²) in [4.78, 5) is 10.1. The molecule has 1 unspecified atom stereocenters. The highest BCUT2D eigenvalue weighted by molar-refractivity contribution is 7.12. The number of nitrogens with one attached hydrogen (secondary N) is 1. The summed E-state index contributed by atoms with van der Waals surface area (Å²) in [6.45, 7) is 10.9. The molecule has 0 fully saturated rings. The fourth-order valence-electron chi connectivity index (χ4n) is 1.89. The standard InChI is InChI=1S/C15H21N3S/c1-10(17-12-7-6-8-16-9-12)13-11(2)18-14(19-13)15(3,4)5/h6-10,17H,1-5H3. The lowest BCUT2D eigenvalue weighted by Crippen LogP contribution is -2.10. The lowest BCUT2D eigenvalue weighted by molar-refractivity contribution is 0.584. The van der Waals surface area contributed by atoms with Crippen molar-refractivity contribution in [2.45, 2.75) is 46.1 Å². The van der Waals surface area contributed by atoms with Gasteiger partial charge in [0.25, 0.3) is 0 Å². The van der Waals surface area contributed by atoms with E-state index in [0.717, 1.165) is 11.4 Å². The molecule has 4 heteroatoms. The summed E-state index contributed by atoms with van der Waals surface area (Å²) in [6, 6.07) is 4.22. The van der Waals surface area contributed by atoms with Crippen molar-refractivity contribution in [1.29, 1.82) is 0 Å². The topological polar surface area (TPSA) is 37.8 Å². The monoisotopic (exact) mass is 275 g/mol. The molecule has 2 aromatic rings. The summed E-state index contributed by atoms with van der Waals surface area (Å²) >= 11 is 1.80. The summed E-state index contributed by atoms with van der Waals surface area (Å²) in [6.07, 6.45) is 3.63. The maximum Gasteiger partial charge on any atom is 0.0985 e. The van der Waals surface area contributed by atoms with Crippen LogP contribution in [0.25, 0.3) is 0 Å². The van der Waals surface area contributed by atoms with E-state index in [1.807, 2.05) is 18.3 Å². The maximum atomic E-state index is 4.71. The quantitative estimate of drug-likeness (QED) is 0.906. The van der Waals surface area contributed by atoms with Crippen LogP contribution in [0.5, 0.6) is 0 Å². The van der Waals surface area contributed by atoms with Gasteiger partial charge in [0.2, 0.25) is 0 Å². The number of nitrogens with zero attached hydrogens (tertiary/aromatic N) is 2. The minimum atomic E-state index is 0.113. The molecule has 0 aliphatic heterocycles. The maximum absolute atomic E-state index is 4.71. The molecule has 102 valence electrons. The van der Waals surface area contributed by atoms with E-state index in [1.54, 1.807) is 17.5 Å². The zero-order valence-corrected chi connectivity index (χ0v) is 13.0. The molecule has 3 nitrogen and oxygen atoms in total. The second kappa shape index (κ2) is 5.29. The van der Waals surface area contributed by atoms with E-state index >= 15 is 0 Å². The molecule has 0 aliphatic carbocycles. The van der Waals surface area contributed by atoms with Gasteiger partial charge in [-0.1, -0.05) is 20.8 Å². The summed E-state index contributed by atoms with van der Waals surface area (Å²) in [5, 5.41) is 4.67. The van der Waals surface area contributed by atoms with E-state index in [9.17, 15) is 0 Å².